The zero-order chi connectivity index (χ0) is 29.8. The molecule has 1 aliphatic heterocycles. The molecule has 0 bridgehead atoms. The van der Waals surface area contributed by atoms with Crippen molar-refractivity contribution in [1.82, 2.24) is 19.8 Å². The van der Waals surface area contributed by atoms with Gasteiger partial charge in [0.1, 0.15) is 6.54 Å². The summed E-state index contributed by atoms with van der Waals surface area (Å²) in [5.41, 5.74) is 1.82. The maximum absolute atomic E-state index is 13.8. The van der Waals surface area contributed by atoms with Crippen molar-refractivity contribution < 1.29 is 19.1 Å². The summed E-state index contributed by atoms with van der Waals surface area (Å²) in [5, 5.41) is 6.00. The molecule has 6 rings (SSSR count). The number of fused-ring (bicyclic) bond motifs is 2. The van der Waals surface area contributed by atoms with Gasteiger partial charge in [-0.25, -0.2) is 9.36 Å². The first-order valence-electron chi connectivity index (χ1n) is 14.4. The molecule has 0 unspecified atom stereocenters. The summed E-state index contributed by atoms with van der Waals surface area (Å²) in [6.45, 7) is 0.549. The predicted molar refractivity (Wildman–Crippen MR) is 162 cm³/mol. The Morgan fingerprint density at radius 1 is 0.884 bits per heavy atom. The topological polar surface area (TPSA) is 121 Å². The molecule has 4 aromatic rings. The van der Waals surface area contributed by atoms with Gasteiger partial charge < -0.3 is 20.1 Å². The van der Waals surface area contributed by atoms with Crippen LogP contribution in [0.3, 0.4) is 0 Å². The Morgan fingerprint density at radius 2 is 1.72 bits per heavy atom. The molecule has 0 saturated heterocycles. The van der Waals surface area contributed by atoms with Gasteiger partial charge in [-0.3, -0.25) is 19.0 Å². The van der Waals surface area contributed by atoms with Crippen molar-refractivity contribution in [2.45, 2.75) is 45.2 Å². The molecular formula is C33H32N4O6. The maximum atomic E-state index is 13.8. The van der Waals surface area contributed by atoms with Gasteiger partial charge >= 0.3 is 5.69 Å². The van der Waals surface area contributed by atoms with Crippen molar-refractivity contribution in [3.8, 4) is 17.2 Å². The van der Waals surface area contributed by atoms with Crippen LogP contribution in [-0.4, -0.2) is 34.3 Å². The van der Waals surface area contributed by atoms with E-state index < -0.39 is 17.2 Å². The lowest BCUT2D eigenvalue weighted by Crippen LogP contribution is -2.42. The van der Waals surface area contributed by atoms with Crippen LogP contribution in [0.1, 0.15) is 48.0 Å². The van der Waals surface area contributed by atoms with Crippen LogP contribution < -0.4 is 31.4 Å². The highest BCUT2D eigenvalue weighted by molar-refractivity contribution is 5.98. The number of allylic oxidation sites excluding steroid dienone is 1. The van der Waals surface area contributed by atoms with Gasteiger partial charge in [0, 0.05) is 18.7 Å². The largest absolute Gasteiger partial charge is 0.454 e. The quantitative estimate of drug-likeness (QED) is 0.291. The number of hydrogen-bond donors (Lipinski definition) is 2. The maximum Gasteiger partial charge on any atom is 0.336 e. The number of carbonyl (C=O) groups is 2. The molecule has 0 fully saturated rings. The first-order valence-corrected chi connectivity index (χ1v) is 14.4. The third kappa shape index (κ3) is 6.08. The van der Waals surface area contributed by atoms with E-state index in [1.165, 1.54) is 28.7 Å². The van der Waals surface area contributed by atoms with E-state index in [4.69, 9.17) is 9.47 Å². The van der Waals surface area contributed by atoms with Crippen molar-refractivity contribution in [3.05, 3.63) is 110 Å². The number of carbonyl (C=O) groups excluding carboxylic acids is 2. The molecule has 220 valence electrons. The Labute approximate surface area is 247 Å². The van der Waals surface area contributed by atoms with Crippen LogP contribution in [-0.2, 0) is 17.9 Å². The van der Waals surface area contributed by atoms with E-state index in [9.17, 15) is 19.2 Å². The molecule has 2 N–H and O–H groups in total. The number of para-hydroxylation sites is 1. The highest BCUT2D eigenvalue weighted by Crippen LogP contribution is 2.32. The summed E-state index contributed by atoms with van der Waals surface area (Å²) in [7, 11) is 0. The Balaban J connectivity index is 1.29. The minimum Gasteiger partial charge on any atom is -0.454 e. The standard InChI is InChI=1S/C33H32N4O6/c38-30(34-16-15-22-7-3-1-4-8-22)20-36-27-18-24(31(39)35-19-23-11-14-28-29(17-23)43-21-42-28)12-13-26(27)32(40)37(33(36)41)25-9-5-2-6-10-25/h2,5-7,9-14,17-18H,1,3-4,8,15-16,19-21H2,(H,34,38)(H,35,39). The molecule has 0 spiro atoms. The number of rotatable bonds is 9. The average molecular weight is 581 g/mol. The lowest BCUT2D eigenvalue weighted by molar-refractivity contribution is -0.121. The SMILES string of the molecule is O=C(Cn1c(=O)n(-c2ccccc2)c(=O)c2ccc(C(=O)NCc3ccc4c(c3)OCO4)cc21)NCCC1=CCCCC1. The second kappa shape index (κ2) is 12.4. The minimum atomic E-state index is -0.660. The third-order valence-corrected chi connectivity index (χ3v) is 7.77. The summed E-state index contributed by atoms with van der Waals surface area (Å²) in [6, 6.07) is 18.6. The lowest BCUT2D eigenvalue weighted by atomic mass is 9.97. The second-order valence-corrected chi connectivity index (χ2v) is 10.7. The molecule has 2 aliphatic rings. The zero-order valence-electron chi connectivity index (χ0n) is 23.6. The molecule has 10 nitrogen and oxygen atoms in total. The number of nitrogens with zero attached hydrogens (tertiary/aromatic N) is 2. The normalized spacial score (nSPS) is 13.9. The molecule has 1 aromatic heterocycles. The molecule has 0 radical (unpaired) electrons. The Morgan fingerprint density at radius 3 is 2.53 bits per heavy atom. The molecule has 0 saturated carbocycles. The van der Waals surface area contributed by atoms with Crippen LogP contribution in [0.15, 0.2) is 88.0 Å². The average Bonchev–Trinajstić information content (AvgIpc) is 3.51. The zero-order valence-corrected chi connectivity index (χ0v) is 23.6. The molecule has 10 heteroatoms. The highest BCUT2D eigenvalue weighted by Gasteiger charge is 2.19. The number of amides is 2. The van der Waals surface area contributed by atoms with Gasteiger partial charge in [0.25, 0.3) is 11.5 Å². The Hall–Kier alpha value is -5.12. The minimum absolute atomic E-state index is 0.159. The van der Waals surface area contributed by atoms with E-state index in [1.807, 2.05) is 6.07 Å². The number of nitrogens with one attached hydrogen (secondary N) is 2. The van der Waals surface area contributed by atoms with Crippen molar-refractivity contribution in [1.29, 1.82) is 0 Å². The second-order valence-electron chi connectivity index (χ2n) is 10.7. The van der Waals surface area contributed by atoms with Gasteiger partial charge in [0.2, 0.25) is 12.7 Å². The van der Waals surface area contributed by atoms with E-state index in [0.717, 1.165) is 35.8 Å². The smallest absolute Gasteiger partial charge is 0.336 e. The number of hydrogen-bond acceptors (Lipinski definition) is 6. The van der Waals surface area contributed by atoms with Gasteiger partial charge in [-0.05, 0) is 80.1 Å². The molecular weight excluding hydrogens is 548 g/mol. The first-order chi connectivity index (χ1) is 21.0. The number of aromatic nitrogens is 2. The molecule has 1 aliphatic carbocycles. The fourth-order valence-electron chi connectivity index (χ4n) is 5.49. The Bertz CT molecular complexity index is 1840. The third-order valence-electron chi connectivity index (χ3n) is 7.77. The van der Waals surface area contributed by atoms with Gasteiger partial charge in [0.05, 0.1) is 16.6 Å². The molecule has 0 atom stereocenters. The summed E-state index contributed by atoms with van der Waals surface area (Å²) < 4.78 is 13.1. The van der Waals surface area contributed by atoms with Gasteiger partial charge in [0.15, 0.2) is 11.5 Å². The number of benzene rings is 3. The van der Waals surface area contributed by atoms with Crippen LogP contribution in [0.4, 0.5) is 0 Å². The molecule has 43 heavy (non-hydrogen) atoms. The van der Waals surface area contributed by atoms with E-state index in [1.54, 1.807) is 48.5 Å². The summed E-state index contributed by atoms with van der Waals surface area (Å²) in [4.78, 5) is 53.5. The highest BCUT2D eigenvalue weighted by atomic mass is 16.7. The van der Waals surface area contributed by atoms with Crippen molar-refractivity contribution in [3.63, 3.8) is 0 Å². The summed E-state index contributed by atoms with van der Waals surface area (Å²) in [5.74, 6) is 0.524. The monoisotopic (exact) mass is 580 g/mol. The molecule has 2 heterocycles. The van der Waals surface area contributed by atoms with E-state index in [-0.39, 0.29) is 42.3 Å². The van der Waals surface area contributed by atoms with Crippen LogP contribution in [0.2, 0.25) is 0 Å². The van der Waals surface area contributed by atoms with E-state index >= 15 is 0 Å². The first kappa shape index (κ1) is 28.0. The lowest BCUT2D eigenvalue weighted by Gasteiger charge is -2.16. The van der Waals surface area contributed by atoms with Crippen LogP contribution in [0, 0.1) is 0 Å². The Kier molecular flexibility index (Phi) is 8.08. The van der Waals surface area contributed by atoms with Crippen molar-refractivity contribution in [2.75, 3.05) is 13.3 Å². The number of ether oxygens (including phenoxy) is 2. The van der Waals surface area contributed by atoms with Gasteiger partial charge in [-0.1, -0.05) is 35.9 Å². The predicted octanol–water partition coefficient (Wildman–Crippen LogP) is 3.82. The van der Waals surface area contributed by atoms with E-state index in [2.05, 4.69) is 16.7 Å². The van der Waals surface area contributed by atoms with Crippen LogP contribution >= 0.6 is 0 Å². The van der Waals surface area contributed by atoms with Crippen molar-refractivity contribution >= 4 is 22.7 Å². The van der Waals surface area contributed by atoms with Crippen LogP contribution in [0.5, 0.6) is 11.5 Å². The molecule has 3 aromatic carbocycles. The van der Waals surface area contributed by atoms with Crippen LogP contribution in [0.25, 0.3) is 16.6 Å². The summed E-state index contributed by atoms with van der Waals surface area (Å²) >= 11 is 0. The molecule has 2 amide bonds. The van der Waals surface area contributed by atoms with Crippen molar-refractivity contribution in [2.24, 2.45) is 0 Å². The van der Waals surface area contributed by atoms with E-state index in [0.29, 0.717) is 23.7 Å². The van der Waals surface area contributed by atoms with Gasteiger partial charge in [-0.15, -0.1) is 0 Å². The fraction of sp³-hybridized carbons (Fsp3) is 0.273. The summed E-state index contributed by atoms with van der Waals surface area (Å²) in [6.07, 6.45) is 7.47. The van der Waals surface area contributed by atoms with Gasteiger partial charge in [-0.2, -0.15) is 0 Å². The fourth-order valence-corrected chi connectivity index (χ4v) is 5.49.